The minimum absolute atomic E-state index is 0.0117. The van der Waals surface area contributed by atoms with Crippen LogP contribution < -0.4 is 10.1 Å². The smallest absolute Gasteiger partial charge is 0.254 e. The van der Waals surface area contributed by atoms with Gasteiger partial charge in [0.1, 0.15) is 5.75 Å². The summed E-state index contributed by atoms with van der Waals surface area (Å²) in [5.41, 5.74) is 1.46. The second-order valence-corrected chi connectivity index (χ2v) is 8.43. The fourth-order valence-corrected chi connectivity index (χ4v) is 5.08. The van der Waals surface area contributed by atoms with Gasteiger partial charge in [0.2, 0.25) is 5.91 Å². The van der Waals surface area contributed by atoms with Crippen LogP contribution in [0.4, 0.5) is 0 Å². The molecule has 2 aliphatic rings. The zero-order chi connectivity index (χ0) is 21.0. The van der Waals surface area contributed by atoms with Crippen molar-refractivity contribution < 1.29 is 14.3 Å². The fraction of sp³-hybridized carbons (Fsp3) is 0.458. The number of carbonyl (C=O) groups excluding carboxylic acids is 2. The molecule has 0 unspecified atom stereocenters. The van der Waals surface area contributed by atoms with Gasteiger partial charge in [-0.1, -0.05) is 37.5 Å². The second kappa shape index (κ2) is 8.86. The van der Waals surface area contributed by atoms with Gasteiger partial charge in [0, 0.05) is 48.6 Å². The summed E-state index contributed by atoms with van der Waals surface area (Å²) in [7, 11) is 1.64. The van der Waals surface area contributed by atoms with Crippen molar-refractivity contribution in [3.63, 3.8) is 0 Å². The van der Waals surface area contributed by atoms with Crippen LogP contribution in [0.1, 0.15) is 48.0 Å². The number of rotatable bonds is 5. The summed E-state index contributed by atoms with van der Waals surface area (Å²) in [4.78, 5) is 32.2. The van der Waals surface area contributed by atoms with E-state index in [1.807, 2.05) is 29.2 Å². The number of carbonyl (C=O) groups is 2. The maximum Gasteiger partial charge on any atom is 0.254 e. The minimum atomic E-state index is -0.182. The normalized spacial score (nSPS) is 20.2. The number of pyridine rings is 1. The molecule has 158 valence electrons. The van der Waals surface area contributed by atoms with Crippen LogP contribution in [0.25, 0.3) is 0 Å². The van der Waals surface area contributed by atoms with Crippen LogP contribution in [-0.2, 0) is 11.3 Å². The molecule has 2 aromatic rings. The molecule has 1 spiro atoms. The Morgan fingerprint density at radius 1 is 1.13 bits per heavy atom. The summed E-state index contributed by atoms with van der Waals surface area (Å²) >= 11 is 0. The maximum atomic E-state index is 13.3. The topological polar surface area (TPSA) is 71.5 Å². The van der Waals surface area contributed by atoms with E-state index in [1.54, 1.807) is 31.6 Å². The van der Waals surface area contributed by atoms with E-state index in [2.05, 4.69) is 10.3 Å². The number of hydrogen-bond donors (Lipinski definition) is 1. The number of aromatic nitrogens is 1. The first kappa shape index (κ1) is 20.4. The monoisotopic (exact) mass is 407 g/mol. The van der Waals surface area contributed by atoms with E-state index in [0.29, 0.717) is 25.2 Å². The predicted molar refractivity (Wildman–Crippen MR) is 114 cm³/mol. The summed E-state index contributed by atoms with van der Waals surface area (Å²) in [5.74, 6) is 0.611. The van der Waals surface area contributed by atoms with Crippen LogP contribution in [0.3, 0.4) is 0 Å². The number of nitrogens with zero attached hydrogens (tertiary/aromatic N) is 2. The predicted octanol–water partition coefficient (Wildman–Crippen LogP) is 3.43. The molecule has 0 radical (unpaired) electrons. The summed E-state index contributed by atoms with van der Waals surface area (Å²) < 4.78 is 5.40. The molecule has 0 bridgehead atoms. The van der Waals surface area contributed by atoms with Crippen LogP contribution >= 0.6 is 0 Å². The van der Waals surface area contributed by atoms with Crippen molar-refractivity contribution in [3.8, 4) is 5.75 Å². The molecule has 2 fully saturated rings. The summed E-state index contributed by atoms with van der Waals surface area (Å²) in [6.07, 6.45) is 8.71. The third-order valence-corrected chi connectivity index (χ3v) is 6.67. The molecule has 30 heavy (non-hydrogen) atoms. The quantitative estimate of drug-likeness (QED) is 0.824. The molecule has 1 aliphatic heterocycles. The van der Waals surface area contributed by atoms with Crippen molar-refractivity contribution in [1.82, 2.24) is 15.2 Å². The van der Waals surface area contributed by atoms with Crippen LogP contribution in [-0.4, -0.2) is 41.9 Å². The van der Waals surface area contributed by atoms with Gasteiger partial charge in [-0.3, -0.25) is 14.6 Å². The van der Waals surface area contributed by atoms with Gasteiger partial charge in [0.25, 0.3) is 5.91 Å². The minimum Gasteiger partial charge on any atom is -0.496 e. The highest BCUT2D eigenvalue weighted by atomic mass is 16.5. The molecule has 6 nitrogen and oxygen atoms in total. The number of amides is 2. The van der Waals surface area contributed by atoms with E-state index in [4.69, 9.17) is 4.74 Å². The molecule has 1 aromatic heterocycles. The fourth-order valence-electron chi connectivity index (χ4n) is 5.08. The lowest BCUT2D eigenvalue weighted by atomic mass is 9.67. The largest absolute Gasteiger partial charge is 0.496 e. The highest BCUT2D eigenvalue weighted by Crippen LogP contribution is 2.48. The van der Waals surface area contributed by atoms with Gasteiger partial charge in [-0.15, -0.1) is 0 Å². The number of benzene rings is 1. The Morgan fingerprint density at radius 2 is 1.87 bits per heavy atom. The van der Waals surface area contributed by atoms with Gasteiger partial charge in [0.15, 0.2) is 0 Å². The van der Waals surface area contributed by atoms with Gasteiger partial charge in [-0.25, -0.2) is 0 Å². The summed E-state index contributed by atoms with van der Waals surface area (Å²) in [6, 6.07) is 11.2. The van der Waals surface area contributed by atoms with Crippen molar-refractivity contribution in [1.29, 1.82) is 0 Å². The molecule has 2 amide bonds. The molecular formula is C24H29N3O3. The SMILES string of the molecule is COc1ccccc1CNC(=O)[C@H]1CN(C(=O)c2ccncc2)CC12CCCCC2. The zero-order valence-electron chi connectivity index (χ0n) is 17.5. The molecular weight excluding hydrogens is 378 g/mol. The lowest BCUT2D eigenvalue weighted by Crippen LogP contribution is -2.42. The molecule has 1 aliphatic carbocycles. The number of methoxy groups -OCH3 is 1. The van der Waals surface area contributed by atoms with E-state index in [1.165, 1.54) is 6.42 Å². The van der Waals surface area contributed by atoms with Crippen LogP contribution in [0.5, 0.6) is 5.75 Å². The van der Waals surface area contributed by atoms with E-state index in [9.17, 15) is 9.59 Å². The third-order valence-electron chi connectivity index (χ3n) is 6.67. The molecule has 1 atom stereocenters. The molecule has 1 aromatic carbocycles. The van der Waals surface area contributed by atoms with Gasteiger partial charge < -0.3 is 15.0 Å². The number of para-hydroxylation sites is 1. The van der Waals surface area contributed by atoms with Gasteiger partial charge >= 0.3 is 0 Å². The highest BCUT2D eigenvalue weighted by molar-refractivity contribution is 5.95. The van der Waals surface area contributed by atoms with Crippen molar-refractivity contribution in [3.05, 3.63) is 59.9 Å². The molecule has 2 heterocycles. The van der Waals surface area contributed by atoms with Crippen molar-refractivity contribution in [2.24, 2.45) is 11.3 Å². The molecule has 1 saturated carbocycles. The first-order valence-electron chi connectivity index (χ1n) is 10.7. The van der Waals surface area contributed by atoms with Gasteiger partial charge in [0.05, 0.1) is 13.0 Å². The van der Waals surface area contributed by atoms with Crippen LogP contribution in [0.15, 0.2) is 48.8 Å². The Bertz CT molecular complexity index is 894. The average molecular weight is 408 g/mol. The van der Waals surface area contributed by atoms with Crippen molar-refractivity contribution >= 4 is 11.8 Å². The average Bonchev–Trinajstić information content (AvgIpc) is 3.16. The van der Waals surface area contributed by atoms with Crippen molar-refractivity contribution in [2.45, 2.75) is 38.6 Å². The van der Waals surface area contributed by atoms with E-state index in [0.717, 1.165) is 37.0 Å². The molecule has 6 heteroatoms. The first-order chi connectivity index (χ1) is 14.6. The summed E-state index contributed by atoms with van der Waals surface area (Å²) in [6.45, 7) is 1.55. The van der Waals surface area contributed by atoms with Crippen LogP contribution in [0.2, 0.25) is 0 Å². The lowest BCUT2D eigenvalue weighted by molar-refractivity contribution is -0.128. The van der Waals surface area contributed by atoms with E-state index in [-0.39, 0.29) is 23.1 Å². The molecule has 4 rings (SSSR count). The summed E-state index contributed by atoms with van der Waals surface area (Å²) in [5, 5.41) is 3.12. The Morgan fingerprint density at radius 3 is 2.60 bits per heavy atom. The van der Waals surface area contributed by atoms with Crippen LogP contribution in [0, 0.1) is 11.3 Å². The Balaban J connectivity index is 1.50. The van der Waals surface area contributed by atoms with E-state index >= 15 is 0 Å². The van der Waals surface area contributed by atoms with Crippen molar-refractivity contribution in [2.75, 3.05) is 20.2 Å². The Hall–Kier alpha value is -2.89. The second-order valence-electron chi connectivity index (χ2n) is 8.43. The van der Waals surface area contributed by atoms with Gasteiger partial charge in [-0.05, 0) is 31.0 Å². The molecule has 1 N–H and O–H groups in total. The van der Waals surface area contributed by atoms with E-state index < -0.39 is 0 Å². The lowest BCUT2D eigenvalue weighted by Gasteiger charge is -2.37. The standard InChI is InChI=1S/C24H29N3O3/c1-30-21-8-4-3-7-19(21)15-26-22(28)20-16-27(17-24(20)11-5-2-6-12-24)23(29)18-9-13-25-14-10-18/h3-4,7-10,13-14,20H,2,5-6,11-12,15-17H2,1H3,(H,26,28)/t20-/m1/s1. The number of hydrogen-bond acceptors (Lipinski definition) is 4. The Kier molecular flexibility index (Phi) is 6.02. The zero-order valence-corrected chi connectivity index (χ0v) is 17.5. The Labute approximate surface area is 177 Å². The first-order valence-corrected chi connectivity index (χ1v) is 10.7. The highest BCUT2D eigenvalue weighted by Gasteiger charge is 2.51. The third kappa shape index (κ3) is 4.04. The van der Waals surface area contributed by atoms with Gasteiger partial charge in [-0.2, -0.15) is 0 Å². The molecule has 1 saturated heterocycles. The number of likely N-dealkylation sites (tertiary alicyclic amines) is 1. The number of ether oxygens (including phenoxy) is 1. The maximum absolute atomic E-state index is 13.3. The number of nitrogens with one attached hydrogen (secondary N) is 1.